The average molecular weight is 321 g/mol. The van der Waals surface area contributed by atoms with Crippen LogP contribution in [0.5, 0.6) is 0 Å². The van der Waals surface area contributed by atoms with E-state index in [1.807, 2.05) is 0 Å². The number of hydrogen-bond donors (Lipinski definition) is 3. The summed E-state index contributed by atoms with van der Waals surface area (Å²) in [7, 11) is 0. The Morgan fingerprint density at radius 1 is 0.957 bits per heavy atom. The topological polar surface area (TPSA) is 69.6 Å². The molecule has 2 rings (SSSR count). The largest absolute Gasteiger partial charge is 0.388 e. The molecule has 2 unspecified atom stereocenters. The summed E-state index contributed by atoms with van der Waals surface area (Å²) in [5.74, 6) is -1.39. The van der Waals surface area contributed by atoms with Crippen LogP contribution in [0.15, 0.2) is 48.5 Å². The summed E-state index contributed by atoms with van der Waals surface area (Å²) in [6, 6.07) is 10.7. The van der Waals surface area contributed by atoms with Gasteiger partial charge in [-0.3, -0.25) is 4.79 Å². The Morgan fingerprint density at radius 2 is 1.65 bits per heavy atom. The van der Waals surface area contributed by atoms with Crippen LogP contribution in [0.25, 0.3) is 0 Å². The second-order valence-corrected chi connectivity index (χ2v) is 5.15. The van der Waals surface area contributed by atoms with Crippen molar-refractivity contribution < 1.29 is 23.8 Å². The summed E-state index contributed by atoms with van der Waals surface area (Å²) in [5, 5.41) is 22.3. The van der Waals surface area contributed by atoms with Gasteiger partial charge in [0.05, 0.1) is 18.6 Å². The van der Waals surface area contributed by atoms with Crippen molar-refractivity contribution in [2.45, 2.75) is 18.6 Å². The number of nitrogens with one attached hydrogen (secondary N) is 1. The Balaban J connectivity index is 1.83. The van der Waals surface area contributed by atoms with Gasteiger partial charge in [0, 0.05) is 6.54 Å². The van der Waals surface area contributed by atoms with Crippen molar-refractivity contribution in [1.82, 2.24) is 5.32 Å². The minimum absolute atomic E-state index is 0.0691. The Bertz CT molecular complexity index is 661. The van der Waals surface area contributed by atoms with Gasteiger partial charge in [-0.1, -0.05) is 24.3 Å². The third-order valence-corrected chi connectivity index (χ3v) is 3.36. The van der Waals surface area contributed by atoms with Crippen LogP contribution in [0.3, 0.4) is 0 Å². The molecule has 6 heteroatoms. The highest BCUT2D eigenvalue weighted by Crippen LogP contribution is 2.17. The van der Waals surface area contributed by atoms with Crippen LogP contribution in [0.2, 0.25) is 0 Å². The van der Waals surface area contributed by atoms with E-state index in [0.717, 1.165) is 6.07 Å². The van der Waals surface area contributed by atoms with Gasteiger partial charge in [0.1, 0.15) is 11.6 Å². The quantitative estimate of drug-likeness (QED) is 0.764. The predicted molar refractivity (Wildman–Crippen MR) is 80.3 cm³/mol. The van der Waals surface area contributed by atoms with Gasteiger partial charge in [0.2, 0.25) is 5.91 Å². The van der Waals surface area contributed by atoms with Gasteiger partial charge in [-0.25, -0.2) is 8.78 Å². The van der Waals surface area contributed by atoms with Gasteiger partial charge >= 0.3 is 0 Å². The van der Waals surface area contributed by atoms with Gasteiger partial charge in [-0.2, -0.15) is 0 Å². The van der Waals surface area contributed by atoms with Crippen LogP contribution in [-0.4, -0.2) is 22.7 Å². The molecule has 122 valence electrons. The van der Waals surface area contributed by atoms with Crippen molar-refractivity contribution in [3.05, 3.63) is 71.3 Å². The van der Waals surface area contributed by atoms with Crippen molar-refractivity contribution >= 4 is 5.91 Å². The van der Waals surface area contributed by atoms with Crippen molar-refractivity contribution in [3.8, 4) is 0 Å². The molecule has 0 aliphatic heterocycles. The van der Waals surface area contributed by atoms with Crippen molar-refractivity contribution in [3.63, 3.8) is 0 Å². The Hall–Kier alpha value is -2.31. The normalized spacial score (nSPS) is 13.4. The molecular formula is C17H17F2NO3. The first-order valence-corrected chi connectivity index (χ1v) is 7.09. The third-order valence-electron chi connectivity index (χ3n) is 3.36. The summed E-state index contributed by atoms with van der Waals surface area (Å²) in [6.07, 6.45) is -2.36. The van der Waals surface area contributed by atoms with E-state index in [1.54, 1.807) is 0 Å². The Kier molecular flexibility index (Phi) is 5.78. The fourth-order valence-electron chi connectivity index (χ4n) is 2.09. The van der Waals surface area contributed by atoms with Gasteiger partial charge in [0.15, 0.2) is 0 Å². The molecule has 0 radical (unpaired) electrons. The number of aliphatic hydroxyl groups excluding tert-OH is 2. The molecule has 0 saturated heterocycles. The van der Waals surface area contributed by atoms with E-state index in [-0.39, 0.29) is 13.0 Å². The fourth-order valence-corrected chi connectivity index (χ4v) is 2.09. The zero-order chi connectivity index (χ0) is 16.8. The molecule has 2 aromatic carbocycles. The molecular weight excluding hydrogens is 304 g/mol. The van der Waals surface area contributed by atoms with Crippen LogP contribution >= 0.6 is 0 Å². The third kappa shape index (κ3) is 5.12. The van der Waals surface area contributed by atoms with Crippen LogP contribution in [-0.2, 0) is 4.79 Å². The molecule has 0 heterocycles. The highest BCUT2D eigenvalue weighted by molar-refractivity contribution is 5.76. The van der Waals surface area contributed by atoms with Crippen molar-refractivity contribution in [1.29, 1.82) is 0 Å². The SMILES string of the molecule is O=C(CC(O)c1cccc(F)c1)NCC(O)c1ccc(F)cc1. The summed E-state index contributed by atoms with van der Waals surface area (Å²) < 4.78 is 25.9. The second kappa shape index (κ2) is 7.80. The molecule has 23 heavy (non-hydrogen) atoms. The zero-order valence-electron chi connectivity index (χ0n) is 12.2. The van der Waals surface area contributed by atoms with E-state index in [0.29, 0.717) is 11.1 Å². The number of benzene rings is 2. The van der Waals surface area contributed by atoms with Crippen LogP contribution in [0.4, 0.5) is 8.78 Å². The van der Waals surface area contributed by atoms with Gasteiger partial charge < -0.3 is 15.5 Å². The summed E-state index contributed by atoms with van der Waals surface area (Å²) in [6.45, 7) is -0.0691. The standard InChI is InChI=1S/C17H17F2NO3/c18-13-6-4-11(5-7-13)16(22)10-20-17(23)9-15(21)12-2-1-3-14(19)8-12/h1-8,15-16,21-22H,9-10H2,(H,20,23). The lowest BCUT2D eigenvalue weighted by Gasteiger charge is -2.14. The second-order valence-electron chi connectivity index (χ2n) is 5.15. The molecule has 0 fully saturated rings. The number of aliphatic hydroxyl groups is 2. The zero-order valence-corrected chi connectivity index (χ0v) is 12.2. The number of carbonyl (C=O) groups is 1. The van der Waals surface area contributed by atoms with E-state index in [9.17, 15) is 23.8 Å². The molecule has 2 aromatic rings. The first-order valence-electron chi connectivity index (χ1n) is 7.09. The lowest BCUT2D eigenvalue weighted by Crippen LogP contribution is -2.29. The highest BCUT2D eigenvalue weighted by atomic mass is 19.1. The monoisotopic (exact) mass is 321 g/mol. The van der Waals surface area contributed by atoms with Crippen LogP contribution < -0.4 is 5.32 Å². The van der Waals surface area contributed by atoms with Crippen LogP contribution in [0, 0.1) is 11.6 Å². The number of hydrogen-bond acceptors (Lipinski definition) is 3. The van der Waals surface area contributed by atoms with Crippen molar-refractivity contribution in [2.24, 2.45) is 0 Å². The minimum atomic E-state index is -1.13. The molecule has 0 aromatic heterocycles. The Labute approximate surface area is 132 Å². The lowest BCUT2D eigenvalue weighted by atomic mass is 10.1. The number of halogens is 2. The first kappa shape index (κ1) is 17.1. The number of amides is 1. The molecule has 3 N–H and O–H groups in total. The maximum atomic E-state index is 13.1. The van der Waals surface area contributed by atoms with E-state index in [2.05, 4.69) is 5.32 Å². The smallest absolute Gasteiger partial charge is 0.223 e. The molecule has 4 nitrogen and oxygen atoms in total. The van der Waals surface area contributed by atoms with Gasteiger partial charge in [-0.15, -0.1) is 0 Å². The van der Waals surface area contributed by atoms with E-state index in [1.165, 1.54) is 42.5 Å². The first-order chi connectivity index (χ1) is 11.0. The van der Waals surface area contributed by atoms with Gasteiger partial charge in [-0.05, 0) is 35.4 Å². The molecule has 0 spiro atoms. The molecule has 0 aliphatic rings. The van der Waals surface area contributed by atoms with E-state index < -0.39 is 29.7 Å². The highest BCUT2D eigenvalue weighted by Gasteiger charge is 2.15. The number of carbonyl (C=O) groups excluding carboxylic acids is 1. The number of rotatable bonds is 6. The van der Waals surface area contributed by atoms with Crippen LogP contribution in [0.1, 0.15) is 29.8 Å². The van der Waals surface area contributed by atoms with Crippen molar-refractivity contribution in [2.75, 3.05) is 6.54 Å². The van der Waals surface area contributed by atoms with E-state index in [4.69, 9.17) is 0 Å². The summed E-state index contributed by atoms with van der Waals surface area (Å²) in [4.78, 5) is 11.8. The molecule has 0 saturated carbocycles. The predicted octanol–water partition coefficient (Wildman–Crippen LogP) is 2.24. The summed E-state index contributed by atoms with van der Waals surface area (Å²) >= 11 is 0. The molecule has 1 amide bonds. The van der Waals surface area contributed by atoms with E-state index >= 15 is 0 Å². The molecule has 0 aliphatic carbocycles. The average Bonchev–Trinajstić information content (AvgIpc) is 2.53. The lowest BCUT2D eigenvalue weighted by molar-refractivity contribution is -0.123. The summed E-state index contributed by atoms with van der Waals surface area (Å²) in [5.41, 5.74) is 0.775. The van der Waals surface area contributed by atoms with Gasteiger partial charge in [0.25, 0.3) is 0 Å². The molecule has 0 bridgehead atoms. The fraction of sp³-hybridized carbons (Fsp3) is 0.235. The Morgan fingerprint density at radius 3 is 2.30 bits per heavy atom. The minimum Gasteiger partial charge on any atom is -0.388 e. The molecule has 2 atom stereocenters. The maximum Gasteiger partial charge on any atom is 0.223 e. The maximum absolute atomic E-state index is 13.1.